The summed E-state index contributed by atoms with van der Waals surface area (Å²) in [6, 6.07) is 10.9. The zero-order valence-corrected chi connectivity index (χ0v) is 20.4. The molecule has 0 saturated carbocycles. The topological polar surface area (TPSA) is 72.1 Å². The molecule has 3 aromatic heterocycles. The molecule has 1 aliphatic heterocycles. The highest BCUT2D eigenvalue weighted by Gasteiger charge is 2.36. The third-order valence-corrected chi connectivity index (χ3v) is 7.36. The molecule has 5 rings (SSSR count). The van der Waals surface area contributed by atoms with E-state index >= 15 is 0 Å². The Hall–Kier alpha value is -3.26. The molecule has 178 valence electrons. The first kappa shape index (κ1) is 22.5. The van der Waals surface area contributed by atoms with E-state index in [1.165, 1.54) is 5.56 Å². The fourth-order valence-electron chi connectivity index (χ4n) is 5.33. The van der Waals surface area contributed by atoms with Gasteiger partial charge in [-0.15, -0.1) is 0 Å². The minimum atomic E-state index is 0.0201. The molecule has 0 N–H and O–H groups in total. The van der Waals surface area contributed by atoms with E-state index in [0.717, 1.165) is 48.0 Å². The van der Waals surface area contributed by atoms with Crippen LogP contribution in [0.4, 0.5) is 0 Å². The Morgan fingerprint density at radius 3 is 2.41 bits per heavy atom. The summed E-state index contributed by atoms with van der Waals surface area (Å²) in [5, 5.41) is 7.25. The summed E-state index contributed by atoms with van der Waals surface area (Å²) in [5.74, 6) is 0. The molecule has 1 unspecified atom stereocenters. The molecule has 34 heavy (non-hydrogen) atoms. The van der Waals surface area contributed by atoms with Gasteiger partial charge in [0.05, 0.1) is 35.3 Å². The molecule has 0 spiro atoms. The summed E-state index contributed by atoms with van der Waals surface area (Å²) in [6.45, 7) is 11.3. The van der Waals surface area contributed by atoms with Crippen molar-refractivity contribution in [2.24, 2.45) is 0 Å². The maximum atomic E-state index is 12.3. The van der Waals surface area contributed by atoms with Crippen LogP contribution in [0.5, 0.6) is 0 Å². The highest BCUT2D eigenvalue weighted by Crippen LogP contribution is 2.30. The van der Waals surface area contributed by atoms with E-state index in [4.69, 9.17) is 5.10 Å². The van der Waals surface area contributed by atoms with Crippen molar-refractivity contribution in [3.8, 4) is 0 Å². The SMILES string of the molecule is CC[C@@H]1CN(n2cc3c(ccc(=O)n3CC)n2)[C@@H](CC)CN1C(C)c1ccc2nccnc2c1. The van der Waals surface area contributed by atoms with Crippen LogP contribution in [0.2, 0.25) is 0 Å². The lowest BCUT2D eigenvalue weighted by molar-refractivity contribution is 0.0855. The number of fused-ring (bicyclic) bond motifs is 2. The number of piperazine rings is 1. The van der Waals surface area contributed by atoms with Crippen molar-refractivity contribution in [3.05, 3.63) is 64.8 Å². The highest BCUT2D eigenvalue weighted by molar-refractivity contribution is 5.75. The van der Waals surface area contributed by atoms with Gasteiger partial charge in [0, 0.05) is 43.6 Å². The van der Waals surface area contributed by atoms with Gasteiger partial charge in [-0.3, -0.25) is 24.7 Å². The van der Waals surface area contributed by atoms with E-state index in [1.54, 1.807) is 23.0 Å². The summed E-state index contributed by atoms with van der Waals surface area (Å²) in [7, 11) is 0. The first-order valence-electron chi connectivity index (χ1n) is 12.4. The number of hydrogen-bond donors (Lipinski definition) is 0. The monoisotopic (exact) mass is 459 g/mol. The summed E-state index contributed by atoms with van der Waals surface area (Å²) in [4.78, 5) is 25.8. The molecule has 1 saturated heterocycles. The average molecular weight is 460 g/mol. The Labute approximate surface area is 199 Å². The van der Waals surface area contributed by atoms with Crippen molar-refractivity contribution in [3.63, 3.8) is 0 Å². The maximum Gasteiger partial charge on any atom is 0.251 e. The zero-order valence-electron chi connectivity index (χ0n) is 20.4. The largest absolute Gasteiger partial charge is 0.306 e. The second-order valence-corrected chi connectivity index (χ2v) is 9.16. The van der Waals surface area contributed by atoms with E-state index in [2.05, 4.69) is 58.8 Å². The predicted molar refractivity (Wildman–Crippen MR) is 136 cm³/mol. The lowest BCUT2D eigenvalue weighted by Gasteiger charge is -2.49. The van der Waals surface area contributed by atoms with Crippen molar-refractivity contribution in [1.82, 2.24) is 29.3 Å². The van der Waals surface area contributed by atoms with Gasteiger partial charge in [-0.05, 0) is 50.5 Å². The van der Waals surface area contributed by atoms with Gasteiger partial charge in [-0.1, -0.05) is 19.9 Å². The third kappa shape index (κ3) is 3.86. The van der Waals surface area contributed by atoms with Gasteiger partial charge < -0.3 is 4.57 Å². The molecule has 0 aliphatic carbocycles. The smallest absolute Gasteiger partial charge is 0.251 e. The quantitative estimate of drug-likeness (QED) is 0.438. The van der Waals surface area contributed by atoms with E-state index in [1.807, 2.05) is 24.0 Å². The van der Waals surface area contributed by atoms with Crippen LogP contribution in [-0.4, -0.2) is 54.5 Å². The molecule has 1 aromatic carbocycles. The average Bonchev–Trinajstić information content (AvgIpc) is 3.31. The molecule has 8 heteroatoms. The number of rotatable bonds is 6. The van der Waals surface area contributed by atoms with Crippen LogP contribution in [0.1, 0.15) is 52.1 Å². The number of aryl methyl sites for hydroxylation is 1. The standard InChI is InChI=1S/C26H33N7O/c1-5-20-16-32(33-17-25-23(29-33)10-11-26(34)30(25)7-3)21(6-2)15-31(20)18(4)19-8-9-22-24(14-19)28-13-12-27-22/h8-14,17-18,20-21H,5-7,15-16H2,1-4H3/t18?,20-,21+/m1/s1. The van der Waals surface area contributed by atoms with Gasteiger partial charge in [0.25, 0.3) is 5.56 Å². The van der Waals surface area contributed by atoms with Gasteiger partial charge in [0.1, 0.15) is 5.52 Å². The van der Waals surface area contributed by atoms with Gasteiger partial charge in [-0.25, -0.2) is 0 Å². The zero-order chi connectivity index (χ0) is 23.8. The summed E-state index contributed by atoms with van der Waals surface area (Å²) in [5.41, 5.74) is 4.91. The van der Waals surface area contributed by atoms with E-state index < -0.39 is 0 Å². The van der Waals surface area contributed by atoms with E-state index in [0.29, 0.717) is 18.6 Å². The lowest BCUT2D eigenvalue weighted by atomic mass is 9.98. The minimum Gasteiger partial charge on any atom is -0.306 e. The summed E-state index contributed by atoms with van der Waals surface area (Å²) in [6.07, 6.45) is 7.58. The molecule has 4 heterocycles. The van der Waals surface area contributed by atoms with Crippen LogP contribution in [-0.2, 0) is 6.54 Å². The Bertz CT molecular complexity index is 1360. The normalized spacial score (nSPS) is 20.3. The maximum absolute atomic E-state index is 12.3. The van der Waals surface area contributed by atoms with Gasteiger partial charge in [0.2, 0.25) is 0 Å². The second kappa shape index (κ2) is 9.18. The number of benzene rings is 1. The van der Waals surface area contributed by atoms with Gasteiger partial charge in [-0.2, -0.15) is 9.89 Å². The molecule has 1 aliphatic rings. The Morgan fingerprint density at radius 1 is 0.941 bits per heavy atom. The van der Waals surface area contributed by atoms with Gasteiger partial charge in [0.15, 0.2) is 0 Å². The van der Waals surface area contributed by atoms with Crippen molar-refractivity contribution >= 4 is 22.1 Å². The van der Waals surface area contributed by atoms with Crippen molar-refractivity contribution < 1.29 is 0 Å². The molecule has 3 atom stereocenters. The number of pyridine rings is 1. The fraction of sp³-hybridized carbons (Fsp3) is 0.462. The Morgan fingerprint density at radius 2 is 1.68 bits per heavy atom. The number of aromatic nitrogens is 5. The van der Waals surface area contributed by atoms with Gasteiger partial charge >= 0.3 is 0 Å². The first-order valence-corrected chi connectivity index (χ1v) is 12.4. The van der Waals surface area contributed by atoms with Crippen LogP contribution in [0, 0.1) is 0 Å². The van der Waals surface area contributed by atoms with Crippen molar-refractivity contribution in [1.29, 1.82) is 0 Å². The van der Waals surface area contributed by atoms with Crippen LogP contribution in [0.15, 0.2) is 53.7 Å². The van der Waals surface area contributed by atoms with E-state index in [9.17, 15) is 4.79 Å². The number of hydrogen-bond acceptors (Lipinski definition) is 6. The molecular formula is C26H33N7O. The molecule has 4 aromatic rings. The van der Waals surface area contributed by atoms with Crippen LogP contribution < -0.4 is 10.6 Å². The fourth-order valence-corrected chi connectivity index (χ4v) is 5.33. The summed E-state index contributed by atoms with van der Waals surface area (Å²) >= 11 is 0. The van der Waals surface area contributed by atoms with Crippen LogP contribution in [0.25, 0.3) is 22.1 Å². The molecule has 8 nitrogen and oxygen atoms in total. The molecule has 0 bridgehead atoms. The Kier molecular flexibility index (Phi) is 6.08. The van der Waals surface area contributed by atoms with E-state index in [-0.39, 0.29) is 11.6 Å². The van der Waals surface area contributed by atoms with Crippen molar-refractivity contribution in [2.45, 2.75) is 65.2 Å². The predicted octanol–water partition coefficient (Wildman–Crippen LogP) is 3.73. The lowest BCUT2D eigenvalue weighted by Crippen LogP contribution is -2.62. The van der Waals surface area contributed by atoms with Crippen LogP contribution in [0.3, 0.4) is 0 Å². The Balaban J connectivity index is 1.45. The molecule has 1 fully saturated rings. The highest BCUT2D eigenvalue weighted by atomic mass is 16.1. The second-order valence-electron chi connectivity index (χ2n) is 9.16. The molecular weight excluding hydrogens is 426 g/mol. The van der Waals surface area contributed by atoms with Crippen molar-refractivity contribution in [2.75, 3.05) is 18.1 Å². The van der Waals surface area contributed by atoms with Crippen LogP contribution >= 0.6 is 0 Å². The third-order valence-electron chi connectivity index (χ3n) is 7.36. The molecule has 0 radical (unpaired) electrons. The first-order chi connectivity index (χ1) is 16.5. The summed E-state index contributed by atoms with van der Waals surface area (Å²) < 4.78 is 1.79. The number of nitrogens with zero attached hydrogens (tertiary/aromatic N) is 7. The molecule has 0 amide bonds. The minimum absolute atomic E-state index is 0.0201.